The van der Waals surface area contributed by atoms with Crippen molar-refractivity contribution >= 4 is 39.5 Å². The van der Waals surface area contributed by atoms with Crippen molar-refractivity contribution in [3.63, 3.8) is 0 Å². The topological polar surface area (TPSA) is 24.9 Å². The fraction of sp³-hybridized carbons (Fsp3) is 0.545. The van der Waals surface area contributed by atoms with E-state index >= 15 is 0 Å². The van der Waals surface area contributed by atoms with Gasteiger partial charge in [0.1, 0.15) is 5.15 Å². The zero-order chi connectivity index (χ0) is 11.4. The molecule has 0 amide bonds. The van der Waals surface area contributed by atoms with Crippen LogP contribution in [0.2, 0.25) is 5.15 Å². The maximum atomic E-state index is 5.84. The molecule has 1 saturated carbocycles. The van der Waals surface area contributed by atoms with E-state index < -0.39 is 0 Å². The third kappa shape index (κ3) is 3.62. The normalized spacial score (nSPS) is 17.6. The number of rotatable bonds is 3. The summed E-state index contributed by atoms with van der Waals surface area (Å²) < 4.78 is 4.35. The van der Waals surface area contributed by atoms with E-state index in [-0.39, 0.29) is 0 Å². The minimum Gasteiger partial charge on any atom is -0.257 e. The summed E-state index contributed by atoms with van der Waals surface area (Å²) in [7, 11) is 0. The molecule has 0 spiro atoms. The molecule has 1 aliphatic carbocycles. The molecule has 1 heterocycles. The summed E-state index contributed by atoms with van der Waals surface area (Å²) in [6.45, 7) is 0. The molecule has 0 saturated heterocycles. The Morgan fingerprint density at radius 2 is 2.12 bits per heavy atom. The first-order chi connectivity index (χ1) is 7.75. The van der Waals surface area contributed by atoms with Crippen LogP contribution in [0.5, 0.6) is 0 Å². The van der Waals surface area contributed by atoms with Crippen molar-refractivity contribution in [1.82, 2.24) is 9.71 Å². The molecule has 1 aromatic heterocycles. The molecular formula is C11H14BrClN2S. The average molecular weight is 322 g/mol. The van der Waals surface area contributed by atoms with Crippen LogP contribution >= 0.6 is 39.5 Å². The summed E-state index contributed by atoms with van der Waals surface area (Å²) in [5.74, 6) is 0. The first-order valence-electron chi connectivity index (χ1n) is 5.49. The van der Waals surface area contributed by atoms with E-state index in [1.807, 2.05) is 6.07 Å². The predicted octanol–water partition coefficient (Wildman–Crippen LogP) is 4.43. The Balaban J connectivity index is 1.86. The third-order valence-corrected chi connectivity index (χ3v) is 4.76. The second-order valence-electron chi connectivity index (χ2n) is 4.00. The Morgan fingerprint density at radius 3 is 2.81 bits per heavy atom. The molecule has 0 bridgehead atoms. The van der Waals surface area contributed by atoms with Gasteiger partial charge in [0.25, 0.3) is 0 Å². The number of halogens is 2. The van der Waals surface area contributed by atoms with Gasteiger partial charge in [0.15, 0.2) is 0 Å². The van der Waals surface area contributed by atoms with Crippen molar-refractivity contribution in [2.45, 2.75) is 43.0 Å². The first kappa shape index (κ1) is 12.7. The van der Waals surface area contributed by atoms with Crippen molar-refractivity contribution in [3.8, 4) is 0 Å². The summed E-state index contributed by atoms with van der Waals surface area (Å²) in [5.41, 5.74) is 0. The highest BCUT2D eigenvalue weighted by molar-refractivity contribution is 9.10. The van der Waals surface area contributed by atoms with E-state index in [2.05, 4.69) is 25.6 Å². The number of nitrogens with zero attached hydrogens (tertiary/aromatic N) is 1. The minimum absolute atomic E-state index is 0.516. The zero-order valence-electron chi connectivity index (χ0n) is 8.88. The van der Waals surface area contributed by atoms with Gasteiger partial charge in [0.2, 0.25) is 0 Å². The van der Waals surface area contributed by atoms with Crippen LogP contribution in [0.15, 0.2) is 21.6 Å². The molecule has 1 aromatic rings. The van der Waals surface area contributed by atoms with E-state index in [0.29, 0.717) is 11.2 Å². The van der Waals surface area contributed by atoms with Crippen molar-refractivity contribution in [3.05, 3.63) is 21.9 Å². The lowest BCUT2D eigenvalue weighted by Gasteiger charge is -2.22. The molecule has 0 aliphatic heterocycles. The molecule has 0 radical (unpaired) electrons. The summed E-state index contributed by atoms with van der Waals surface area (Å²) in [6.07, 6.45) is 8.45. The molecule has 1 aliphatic rings. The Kier molecular flexibility index (Phi) is 4.95. The fourth-order valence-electron chi connectivity index (χ4n) is 1.83. The van der Waals surface area contributed by atoms with E-state index in [1.54, 1.807) is 18.1 Å². The van der Waals surface area contributed by atoms with Crippen LogP contribution in [0, 0.1) is 0 Å². The van der Waals surface area contributed by atoms with Crippen LogP contribution < -0.4 is 4.72 Å². The van der Waals surface area contributed by atoms with Gasteiger partial charge in [-0.15, -0.1) is 0 Å². The summed E-state index contributed by atoms with van der Waals surface area (Å²) >= 11 is 10.9. The lowest BCUT2D eigenvalue weighted by molar-refractivity contribution is 0.423. The molecule has 0 aromatic carbocycles. The second-order valence-corrected chi connectivity index (χ2v) is 6.12. The smallest absolute Gasteiger partial charge is 0.143 e. The molecule has 0 atom stereocenters. The van der Waals surface area contributed by atoms with Crippen molar-refractivity contribution in [2.24, 2.45) is 0 Å². The van der Waals surface area contributed by atoms with Gasteiger partial charge in [-0.05, 0) is 46.8 Å². The molecular weight excluding hydrogens is 308 g/mol. The number of nitrogens with one attached hydrogen (secondary N) is 1. The van der Waals surface area contributed by atoms with Crippen molar-refractivity contribution < 1.29 is 0 Å². The van der Waals surface area contributed by atoms with E-state index in [0.717, 1.165) is 9.37 Å². The SMILES string of the molecule is Clc1ncc(SNC2CCCCC2)cc1Br. The molecule has 1 N–H and O–H groups in total. The van der Waals surface area contributed by atoms with Gasteiger partial charge < -0.3 is 0 Å². The fourth-order valence-corrected chi connectivity index (χ4v) is 3.26. The minimum atomic E-state index is 0.516. The molecule has 0 unspecified atom stereocenters. The van der Waals surface area contributed by atoms with E-state index in [9.17, 15) is 0 Å². The standard InChI is InChI=1S/C11H14BrClN2S/c12-10-6-9(7-14-11(10)13)16-15-8-4-2-1-3-5-8/h6-8,15H,1-5H2. The van der Waals surface area contributed by atoms with Crippen molar-refractivity contribution in [1.29, 1.82) is 0 Å². The monoisotopic (exact) mass is 320 g/mol. The Morgan fingerprint density at radius 1 is 1.38 bits per heavy atom. The largest absolute Gasteiger partial charge is 0.257 e. The van der Waals surface area contributed by atoms with Crippen LogP contribution in [-0.2, 0) is 0 Å². The van der Waals surface area contributed by atoms with Gasteiger partial charge in [-0.1, -0.05) is 30.9 Å². The average Bonchev–Trinajstić information content (AvgIpc) is 2.32. The third-order valence-electron chi connectivity index (χ3n) is 2.72. The highest BCUT2D eigenvalue weighted by Gasteiger charge is 2.13. The number of hydrogen-bond acceptors (Lipinski definition) is 3. The maximum Gasteiger partial charge on any atom is 0.143 e. The molecule has 16 heavy (non-hydrogen) atoms. The Hall–Kier alpha value is 0.230. The van der Waals surface area contributed by atoms with E-state index in [1.165, 1.54) is 32.1 Å². The summed E-state index contributed by atoms with van der Waals surface area (Å²) in [6, 6.07) is 2.64. The molecule has 88 valence electrons. The van der Waals surface area contributed by atoms with Gasteiger partial charge in [-0.2, -0.15) is 0 Å². The van der Waals surface area contributed by atoms with Gasteiger partial charge >= 0.3 is 0 Å². The summed E-state index contributed by atoms with van der Waals surface area (Å²) in [5, 5.41) is 0.516. The number of pyridine rings is 1. The Bertz CT molecular complexity index is 356. The molecule has 1 fully saturated rings. The number of hydrogen-bond donors (Lipinski definition) is 1. The lowest BCUT2D eigenvalue weighted by Crippen LogP contribution is -2.25. The van der Waals surface area contributed by atoms with Gasteiger partial charge in [0.05, 0.1) is 4.47 Å². The van der Waals surface area contributed by atoms with Crippen LogP contribution in [0.25, 0.3) is 0 Å². The number of aromatic nitrogens is 1. The van der Waals surface area contributed by atoms with E-state index in [4.69, 9.17) is 11.6 Å². The van der Waals surface area contributed by atoms with Gasteiger partial charge in [-0.3, -0.25) is 4.72 Å². The first-order valence-corrected chi connectivity index (χ1v) is 7.48. The summed E-state index contributed by atoms with van der Waals surface area (Å²) in [4.78, 5) is 5.20. The molecule has 5 heteroatoms. The predicted molar refractivity (Wildman–Crippen MR) is 72.8 cm³/mol. The quantitative estimate of drug-likeness (QED) is 0.658. The zero-order valence-corrected chi connectivity index (χ0v) is 12.0. The van der Waals surface area contributed by atoms with Crippen LogP contribution in [0.3, 0.4) is 0 Å². The van der Waals surface area contributed by atoms with Gasteiger partial charge in [0, 0.05) is 17.1 Å². The highest BCUT2D eigenvalue weighted by atomic mass is 79.9. The lowest BCUT2D eigenvalue weighted by atomic mass is 9.96. The molecule has 2 rings (SSSR count). The van der Waals surface area contributed by atoms with Crippen LogP contribution in [-0.4, -0.2) is 11.0 Å². The van der Waals surface area contributed by atoms with Gasteiger partial charge in [-0.25, -0.2) is 4.98 Å². The molecule has 2 nitrogen and oxygen atoms in total. The Labute approximate surface area is 114 Å². The van der Waals surface area contributed by atoms with Crippen LogP contribution in [0.4, 0.5) is 0 Å². The maximum absolute atomic E-state index is 5.84. The van der Waals surface area contributed by atoms with Crippen molar-refractivity contribution in [2.75, 3.05) is 0 Å². The second kappa shape index (κ2) is 6.24. The van der Waals surface area contributed by atoms with Crippen LogP contribution in [0.1, 0.15) is 32.1 Å². The highest BCUT2D eigenvalue weighted by Crippen LogP contribution is 2.26.